The van der Waals surface area contributed by atoms with Crippen molar-refractivity contribution in [2.24, 2.45) is 17.3 Å². The lowest BCUT2D eigenvalue weighted by Gasteiger charge is -2.53. The van der Waals surface area contributed by atoms with Crippen molar-refractivity contribution in [3.05, 3.63) is 36.0 Å². The summed E-state index contributed by atoms with van der Waals surface area (Å²) in [5, 5.41) is 4.33. The lowest BCUT2D eigenvalue weighted by molar-refractivity contribution is -0.123. The van der Waals surface area contributed by atoms with E-state index >= 15 is 0 Å². The molecule has 1 aliphatic heterocycles. The summed E-state index contributed by atoms with van der Waals surface area (Å²) < 4.78 is 20.8. The Morgan fingerprint density at radius 3 is 2.42 bits per heavy atom. The van der Waals surface area contributed by atoms with Crippen LogP contribution in [0.2, 0.25) is 0 Å². The molecule has 1 atom stereocenters. The first kappa shape index (κ1) is 25.2. The minimum absolute atomic E-state index is 0.00532. The number of halogens is 1. The summed E-state index contributed by atoms with van der Waals surface area (Å²) in [6, 6.07) is 8.60. The van der Waals surface area contributed by atoms with Crippen LogP contribution in [0.5, 0.6) is 0 Å². The van der Waals surface area contributed by atoms with E-state index in [0.717, 1.165) is 88.7 Å². The van der Waals surface area contributed by atoms with E-state index in [1.54, 1.807) is 0 Å². The largest absolute Gasteiger partial charge is 0.369 e. The summed E-state index contributed by atoms with van der Waals surface area (Å²) in [5.41, 5.74) is 1.17. The highest BCUT2D eigenvalue weighted by Gasteiger charge is 2.60. The van der Waals surface area contributed by atoms with Gasteiger partial charge < -0.3 is 19.2 Å². The molecule has 0 radical (unpaired) electrons. The van der Waals surface area contributed by atoms with Crippen molar-refractivity contribution in [2.45, 2.75) is 87.6 Å². The lowest BCUT2D eigenvalue weighted by Crippen LogP contribution is -2.51. The number of hydrogen-bond donors (Lipinski definition) is 0. The molecule has 2 heterocycles. The number of anilines is 2. The first-order valence-corrected chi connectivity index (χ1v) is 15.7. The van der Waals surface area contributed by atoms with Gasteiger partial charge in [-0.05, 0) is 107 Å². The molecule has 7 nitrogen and oxygen atoms in total. The number of benzene rings is 1. The Morgan fingerprint density at radius 2 is 1.77 bits per heavy atom. The number of carbonyl (C=O) groups excluding carboxylic acids is 1. The number of carbonyl (C=O) groups is 1. The van der Waals surface area contributed by atoms with Crippen molar-refractivity contribution in [1.82, 2.24) is 15.0 Å². The second kappa shape index (κ2) is 9.01. The van der Waals surface area contributed by atoms with Gasteiger partial charge in [-0.3, -0.25) is 4.79 Å². The van der Waals surface area contributed by atoms with Crippen molar-refractivity contribution in [3.63, 3.8) is 0 Å². The second-order valence-electron chi connectivity index (χ2n) is 14.4. The second-order valence-corrected chi connectivity index (χ2v) is 14.4. The zero-order chi connectivity index (χ0) is 27.1. The van der Waals surface area contributed by atoms with Gasteiger partial charge in [-0.15, -0.1) is 0 Å². The van der Waals surface area contributed by atoms with Gasteiger partial charge in [0.05, 0.1) is 0 Å². The van der Waals surface area contributed by atoms with Crippen LogP contribution in [-0.4, -0.2) is 66.4 Å². The predicted octanol–water partition coefficient (Wildman–Crippen LogP) is 5.46. The first-order valence-electron chi connectivity index (χ1n) is 15.7. The predicted molar refractivity (Wildman–Crippen MR) is 151 cm³/mol. The van der Waals surface area contributed by atoms with Crippen LogP contribution < -0.4 is 9.80 Å². The summed E-state index contributed by atoms with van der Waals surface area (Å²) in [5.74, 6) is 2.45. The van der Waals surface area contributed by atoms with Gasteiger partial charge in [0.15, 0.2) is 5.82 Å². The van der Waals surface area contributed by atoms with E-state index in [2.05, 4.69) is 51.2 Å². The molecule has 0 N–H and O–H groups in total. The Kier molecular flexibility index (Phi) is 5.69. The Balaban J connectivity index is 1.05. The number of rotatable bonds is 7. The fraction of sp³-hybridized carbons (Fsp3) is 0.719. The summed E-state index contributed by atoms with van der Waals surface area (Å²) in [6.45, 7) is 4.80. The van der Waals surface area contributed by atoms with Crippen molar-refractivity contribution in [3.8, 4) is 0 Å². The number of piperazine rings is 1. The zero-order valence-electron chi connectivity index (χ0n) is 23.8. The van der Waals surface area contributed by atoms with Crippen molar-refractivity contribution in [1.29, 1.82) is 0 Å². The number of nitrogens with zero attached hydrogens (tertiary/aromatic N) is 5. The van der Waals surface area contributed by atoms with Crippen LogP contribution >= 0.6 is 0 Å². The SMILES string of the molecule is CN1CCN(c2cccc(N(CC34CCC(c5nc(C6CC6)no5)(CC3)CC4)C(=O)C3CC4(F)CC3C4)c2)CC1. The van der Waals surface area contributed by atoms with Gasteiger partial charge in [-0.2, -0.15) is 4.98 Å². The van der Waals surface area contributed by atoms with Crippen LogP contribution in [0.4, 0.5) is 15.8 Å². The molecular formula is C32H42FN5O2. The summed E-state index contributed by atoms with van der Waals surface area (Å²) >= 11 is 0. The Bertz CT molecular complexity index is 1270. The van der Waals surface area contributed by atoms with Crippen LogP contribution in [0.25, 0.3) is 0 Å². The summed E-state index contributed by atoms with van der Waals surface area (Å²) in [7, 11) is 2.17. The van der Waals surface area contributed by atoms with Crippen LogP contribution in [0, 0.1) is 17.3 Å². The van der Waals surface area contributed by atoms with Gasteiger partial charge in [-0.1, -0.05) is 11.2 Å². The highest BCUT2D eigenvalue weighted by Crippen LogP contribution is 2.60. The number of amides is 1. The van der Waals surface area contributed by atoms with Gasteiger partial charge >= 0.3 is 0 Å². The molecule has 0 spiro atoms. The standard InChI is InChI=1S/C32H42FN5O2/c1-36-13-15-37(16-14-36)24-3-2-4-25(17-24)38(28(39)26-20-32(33)18-23(26)19-32)21-30-7-10-31(11-8-30,12-9-30)29-34-27(35-40-29)22-5-6-22/h2-4,17,22-23,26H,5-16,18-21H2,1H3. The number of likely N-dealkylation sites (N-methyl/N-ethyl adjacent to an activating group) is 1. The number of fused-ring (bicyclic) bond motifs is 4. The molecule has 8 aliphatic rings. The molecule has 1 unspecified atom stereocenters. The van der Waals surface area contributed by atoms with E-state index in [4.69, 9.17) is 9.51 Å². The van der Waals surface area contributed by atoms with E-state index in [1.165, 1.54) is 18.5 Å². The molecule has 1 aromatic carbocycles. The van der Waals surface area contributed by atoms with Crippen molar-refractivity contribution >= 4 is 17.3 Å². The van der Waals surface area contributed by atoms with Crippen LogP contribution in [0.15, 0.2) is 28.8 Å². The Morgan fingerprint density at radius 1 is 1.05 bits per heavy atom. The molecule has 1 saturated heterocycles. The van der Waals surface area contributed by atoms with E-state index in [-0.39, 0.29) is 28.6 Å². The molecule has 8 fully saturated rings. The third-order valence-corrected chi connectivity index (χ3v) is 11.7. The zero-order valence-corrected chi connectivity index (χ0v) is 23.8. The first-order chi connectivity index (χ1) is 19.3. The van der Waals surface area contributed by atoms with E-state index in [9.17, 15) is 9.18 Å². The molecule has 7 saturated carbocycles. The number of aromatic nitrogens is 2. The summed E-state index contributed by atoms with van der Waals surface area (Å²) in [6.07, 6.45) is 10.2. The minimum Gasteiger partial charge on any atom is -0.369 e. The highest BCUT2D eigenvalue weighted by molar-refractivity contribution is 5.96. The van der Waals surface area contributed by atoms with E-state index in [1.807, 2.05) is 0 Å². The maximum absolute atomic E-state index is 15.0. The average Bonchev–Trinajstić information content (AvgIpc) is 3.44. The van der Waals surface area contributed by atoms with Gasteiger partial charge in [0.2, 0.25) is 11.8 Å². The molecule has 4 bridgehead atoms. The highest BCUT2D eigenvalue weighted by atomic mass is 19.1. The van der Waals surface area contributed by atoms with Crippen LogP contribution in [0.1, 0.15) is 88.3 Å². The van der Waals surface area contributed by atoms with Crippen molar-refractivity contribution < 1.29 is 13.7 Å². The monoisotopic (exact) mass is 547 g/mol. The Labute approximate surface area is 236 Å². The van der Waals surface area contributed by atoms with E-state index < -0.39 is 5.67 Å². The molecular weight excluding hydrogens is 505 g/mol. The van der Waals surface area contributed by atoms with Gasteiger partial charge in [-0.25, -0.2) is 4.39 Å². The quantitative estimate of drug-likeness (QED) is 0.459. The van der Waals surface area contributed by atoms with Crippen LogP contribution in [-0.2, 0) is 10.2 Å². The molecule has 1 aromatic heterocycles. The average molecular weight is 548 g/mol. The molecule has 8 heteroatoms. The van der Waals surface area contributed by atoms with Crippen molar-refractivity contribution in [2.75, 3.05) is 49.6 Å². The van der Waals surface area contributed by atoms with Crippen LogP contribution in [0.3, 0.4) is 0 Å². The van der Waals surface area contributed by atoms with Gasteiger partial charge in [0.25, 0.3) is 0 Å². The van der Waals surface area contributed by atoms with Gasteiger partial charge in [0.1, 0.15) is 5.67 Å². The normalized spacial score (nSPS) is 37.0. The maximum Gasteiger partial charge on any atom is 0.232 e. The fourth-order valence-electron chi connectivity index (χ4n) is 8.71. The summed E-state index contributed by atoms with van der Waals surface area (Å²) in [4.78, 5) is 26.0. The minimum atomic E-state index is -1.10. The molecule has 10 rings (SSSR count). The smallest absolute Gasteiger partial charge is 0.232 e. The third-order valence-electron chi connectivity index (χ3n) is 11.7. The number of alkyl halides is 1. The topological polar surface area (TPSA) is 65.7 Å². The lowest BCUT2D eigenvalue weighted by atomic mass is 9.53. The van der Waals surface area contributed by atoms with E-state index in [0.29, 0.717) is 25.2 Å². The molecule has 1 amide bonds. The number of hydrogen-bond acceptors (Lipinski definition) is 6. The van der Waals surface area contributed by atoms with Gasteiger partial charge in [0, 0.05) is 61.3 Å². The molecule has 2 aromatic rings. The molecule has 7 aliphatic carbocycles. The Hall–Kier alpha value is -2.48. The fourth-order valence-corrected chi connectivity index (χ4v) is 8.71. The third kappa shape index (κ3) is 4.19. The maximum atomic E-state index is 15.0. The molecule has 214 valence electrons. The molecule has 40 heavy (non-hydrogen) atoms.